The van der Waals surface area contributed by atoms with E-state index in [1.807, 2.05) is 19.1 Å². The van der Waals surface area contributed by atoms with Crippen LogP contribution in [0.25, 0.3) is 0 Å². The zero-order valence-corrected chi connectivity index (χ0v) is 15.7. The van der Waals surface area contributed by atoms with Crippen LogP contribution in [0.3, 0.4) is 0 Å². The maximum atomic E-state index is 12.3. The number of rotatable bonds is 8. The van der Waals surface area contributed by atoms with Crippen molar-refractivity contribution in [2.45, 2.75) is 26.7 Å². The molecule has 5 heteroatoms. The average molecular weight is 355 g/mol. The molecule has 0 spiro atoms. The van der Waals surface area contributed by atoms with Crippen molar-refractivity contribution >= 4 is 11.7 Å². The summed E-state index contributed by atoms with van der Waals surface area (Å²) in [4.78, 5) is 23.8. The molecule has 0 saturated carbocycles. The van der Waals surface area contributed by atoms with Crippen LogP contribution >= 0.6 is 0 Å². The molecule has 0 bridgehead atoms. The molecule has 0 aromatic heterocycles. The third-order valence-corrected chi connectivity index (χ3v) is 4.19. The molecule has 2 rings (SSSR count). The van der Waals surface area contributed by atoms with Crippen LogP contribution in [-0.4, -0.2) is 32.5 Å². The van der Waals surface area contributed by atoms with Crippen molar-refractivity contribution in [2.24, 2.45) is 0 Å². The molecule has 0 aliphatic rings. The molecule has 0 heterocycles. The Morgan fingerprint density at radius 2 is 1.62 bits per heavy atom. The highest BCUT2D eigenvalue weighted by molar-refractivity contribution is 5.94. The van der Waals surface area contributed by atoms with Crippen molar-refractivity contribution in [1.82, 2.24) is 5.32 Å². The van der Waals surface area contributed by atoms with Gasteiger partial charge in [-0.25, -0.2) is 0 Å². The predicted molar refractivity (Wildman–Crippen MR) is 101 cm³/mol. The minimum Gasteiger partial charge on any atom is -0.496 e. The Bertz CT molecular complexity index is 799. The molecule has 0 aliphatic carbocycles. The van der Waals surface area contributed by atoms with Crippen LogP contribution in [0.5, 0.6) is 11.5 Å². The summed E-state index contributed by atoms with van der Waals surface area (Å²) in [6.07, 6.45) is 0.844. The van der Waals surface area contributed by atoms with E-state index >= 15 is 0 Å². The number of Topliss-reactive ketones (excluding diaryl/α,β-unsaturated/α-hetero) is 1. The monoisotopic (exact) mass is 355 g/mol. The lowest BCUT2D eigenvalue weighted by Crippen LogP contribution is -2.27. The fourth-order valence-corrected chi connectivity index (χ4v) is 2.81. The van der Waals surface area contributed by atoms with E-state index in [4.69, 9.17) is 9.47 Å². The van der Waals surface area contributed by atoms with E-state index in [0.717, 1.165) is 16.9 Å². The third-order valence-electron chi connectivity index (χ3n) is 4.19. The van der Waals surface area contributed by atoms with Gasteiger partial charge in [-0.1, -0.05) is 17.7 Å². The maximum absolute atomic E-state index is 12.3. The first kappa shape index (κ1) is 19.5. The van der Waals surface area contributed by atoms with Gasteiger partial charge in [0.2, 0.25) is 5.91 Å². The lowest BCUT2D eigenvalue weighted by atomic mass is 10.0. The number of carbonyl (C=O) groups excluding carboxylic acids is 2. The molecule has 5 nitrogen and oxygen atoms in total. The normalized spacial score (nSPS) is 10.3. The van der Waals surface area contributed by atoms with Crippen LogP contribution in [0.15, 0.2) is 36.4 Å². The smallest absolute Gasteiger partial charge is 0.224 e. The molecular formula is C21H25NO4. The second kappa shape index (κ2) is 9.04. The van der Waals surface area contributed by atoms with Crippen LogP contribution in [-0.2, 0) is 17.6 Å². The molecule has 0 radical (unpaired) electrons. The van der Waals surface area contributed by atoms with E-state index in [9.17, 15) is 9.59 Å². The SMILES string of the molecule is COc1ccc(C)cc1CCNC(=O)Cc1cc(C(C)=O)ccc1OC. The highest BCUT2D eigenvalue weighted by atomic mass is 16.5. The van der Waals surface area contributed by atoms with Gasteiger partial charge in [0.1, 0.15) is 11.5 Å². The van der Waals surface area contributed by atoms with Crippen molar-refractivity contribution in [2.75, 3.05) is 20.8 Å². The second-order valence-electron chi connectivity index (χ2n) is 6.17. The van der Waals surface area contributed by atoms with E-state index in [0.29, 0.717) is 29.8 Å². The van der Waals surface area contributed by atoms with Crippen molar-refractivity contribution in [1.29, 1.82) is 0 Å². The Morgan fingerprint density at radius 3 is 2.27 bits per heavy atom. The third kappa shape index (κ3) is 5.09. The molecule has 0 fully saturated rings. The Labute approximate surface area is 154 Å². The van der Waals surface area contributed by atoms with Gasteiger partial charge < -0.3 is 14.8 Å². The van der Waals surface area contributed by atoms with E-state index in [1.54, 1.807) is 32.4 Å². The Hall–Kier alpha value is -2.82. The van der Waals surface area contributed by atoms with Gasteiger partial charge >= 0.3 is 0 Å². The van der Waals surface area contributed by atoms with Gasteiger partial charge in [-0.3, -0.25) is 9.59 Å². The van der Waals surface area contributed by atoms with Crippen molar-refractivity contribution in [3.8, 4) is 11.5 Å². The van der Waals surface area contributed by atoms with Gasteiger partial charge in [0.05, 0.1) is 20.6 Å². The zero-order chi connectivity index (χ0) is 19.1. The standard InChI is InChI=1S/C21H25NO4/c1-14-5-7-19(25-3)17(11-14)9-10-22-21(24)13-18-12-16(15(2)23)6-8-20(18)26-4/h5-8,11-12H,9-10,13H2,1-4H3,(H,22,24). The number of methoxy groups -OCH3 is 2. The van der Waals surface area contributed by atoms with E-state index in [-0.39, 0.29) is 18.1 Å². The number of hydrogen-bond acceptors (Lipinski definition) is 4. The summed E-state index contributed by atoms with van der Waals surface area (Å²) in [5.41, 5.74) is 3.48. The quantitative estimate of drug-likeness (QED) is 0.739. The lowest BCUT2D eigenvalue weighted by Gasteiger charge is -2.12. The predicted octanol–water partition coefficient (Wildman–Crippen LogP) is 3.12. The molecule has 0 aliphatic heterocycles. The van der Waals surface area contributed by atoms with Gasteiger partial charge in [0, 0.05) is 17.7 Å². The molecule has 2 aromatic rings. The molecule has 138 valence electrons. The summed E-state index contributed by atoms with van der Waals surface area (Å²) >= 11 is 0. The number of hydrogen-bond donors (Lipinski definition) is 1. The van der Waals surface area contributed by atoms with E-state index in [1.165, 1.54) is 6.92 Å². The molecule has 1 amide bonds. The average Bonchev–Trinajstić information content (AvgIpc) is 2.61. The maximum Gasteiger partial charge on any atom is 0.224 e. The van der Waals surface area contributed by atoms with Gasteiger partial charge in [0.25, 0.3) is 0 Å². The van der Waals surface area contributed by atoms with Crippen LogP contribution in [0.2, 0.25) is 0 Å². The van der Waals surface area contributed by atoms with E-state index < -0.39 is 0 Å². The molecule has 0 atom stereocenters. The number of ketones is 1. The molecular weight excluding hydrogens is 330 g/mol. The minimum atomic E-state index is -0.115. The first-order chi connectivity index (χ1) is 12.4. The first-order valence-corrected chi connectivity index (χ1v) is 8.52. The molecule has 0 saturated heterocycles. The van der Waals surface area contributed by atoms with Crippen LogP contribution < -0.4 is 14.8 Å². The van der Waals surface area contributed by atoms with Gasteiger partial charge in [-0.15, -0.1) is 0 Å². The van der Waals surface area contributed by atoms with Crippen LogP contribution in [0.1, 0.15) is 34.0 Å². The summed E-state index contributed by atoms with van der Waals surface area (Å²) in [6, 6.07) is 11.1. The number of nitrogens with one attached hydrogen (secondary N) is 1. The number of carbonyl (C=O) groups is 2. The molecule has 1 N–H and O–H groups in total. The van der Waals surface area contributed by atoms with E-state index in [2.05, 4.69) is 11.4 Å². The van der Waals surface area contributed by atoms with Gasteiger partial charge in [-0.05, 0) is 50.1 Å². The Balaban J connectivity index is 1.98. The summed E-state index contributed by atoms with van der Waals surface area (Å²) in [5, 5.41) is 2.92. The summed E-state index contributed by atoms with van der Waals surface area (Å²) < 4.78 is 10.6. The fraction of sp³-hybridized carbons (Fsp3) is 0.333. The van der Waals surface area contributed by atoms with Gasteiger partial charge in [0.15, 0.2) is 5.78 Å². The fourth-order valence-electron chi connectivity index (χ4n) is 2.81. The summed E-state index contributed by atoms with van der Waals surface area (Å²) in [5.74, 6) is 1.27. The van der Waals surface area contributed by atoms with Crippen LogP contribution in [0, 0.1) is 6.92 Å². The summed E-state index contributed by atoms with van der Waals surface area (Å²) in [7, 11) is 3.19. The largest absolute Gasteiger partial charge is 0.496 e. The number of benzene rings is 2. The van der Waals surface area contributed by atoms with Crippen molar-refractivity contribution in [3.63, 3.8) is 0 Å². The first-order valence-electron chi connectivity index (χ1n) is 8.52. The highest BCUT2D eigenvalue weighted by Crippen LogP contribution is 2.21. The van der Waals surface area contributed by atoms with Crippen molar-refractivity contribution < 1.29 is 19.1 Å². The van der Waals surface area contributed by atoms with Gasteiger partial charge in [-0.2, -0.15) is 0 Å². The topological polar surface area (TPSA) is 64.6 Å². The molecule has 0 unspecified atom stereocenters. The second-order valence-corrected chi connectivity index (χ2v) is 6.17. The molecule has 2 aromatic carbocycles. The number of ether oxygens (including phenoxy) is 2. The Morgan fingerprint density at radius 1 is 0.962 bits per heavy atom. The van der Waals surface area contributed by atoms with Crippen LogP contribution in [0.4, 0.5) is 0 Å². The van der Waals surface area contributed by atoms with Crippen molar-refractivity contribution in [3.05, 3.63) is 58.7 Å². The number of aryl methyl sites for hydroxylation is 1. The summed E-state index contributed by atoms with van der Waals surface area (Å²) in [6.45, 7) is 4.03. The molecule has 26 heavy (non-hydrogen) atoms. The highest BCUT2D eigenvalue weighted by Gasteiger charge is 2.12. The minimum absolute atomic E-state index is 0.0409. The number of amides is 1. The zero-order valence-electron chi connectivity index (χ0n) is 15.7. The lowest BCUT2D eigenvalue weighted by molar-refractivity contribution is -0.120. The Kier molecular flexibility index (Phi) is 6.78.